The molecule has 2 aromatic rings. The van der Waals surface area contributed by atoms with Crippen molar-refractivity contribution in [3.63, 3.8) is 0 Å². The normalized spacial score (nSPS) is 31.9. The molecule has 5 nitrogen and oxygen atoms in total. The van der Waals surface area contributed by atoms with Gasteiger partial charge in [0.15, 0.2) is 5.78 Å². The average molecular weight is 401 g/mol. The van der Waals surface area contributed by atoms with Gasteiger partial charge in [-0.25, -0.2) is 0 Å². The van der Waals surface area contributed by atoms with Crippen molar-refractivity contribution in [3.8, 4) is 11.1 Å². The molecule has 7 rings (SSSR count). The SMILES string of the molecule is CN1C[C@H]2CN(c3ccc4c(c3)C(=O)c3cc(N5C[C@@H]6CN(C)[C@H]6C5)ccc3-4)C[C@@H]21. The first-order chi connectivity index (χ1) is 14.6. The zero-order valence-corrected chi connectivity index (χ0v) is 17.7. The third-order valence-corrected chi connectivity index (χ3v) is 8.51. The van der Waals surface area contributed by atoms with E-state index in [4.69, 9.17) is 0 Å². The summed E-state index contributed by atoms with van der Waals surface area (Å²) < 4.78 is 0. The predicted molar refractivity (Wildman–Crippen MR) is 120 cm³/mol. The fourth-order valence-corrected chi connectivity index (χ4v) is 6.67. The summed E-state index contributed by atoms with van der Waals surface area (Å²) in [4.78, 5) is 23.2. The standard InChI is InChI=1S/C25H28N4O/c1-26-9-15-11-28(13-23(15)26)17-3-5-19-20-6-4-18(8-22(20)25(30)21(19)7-17)29-12-16-10-27(2)24(16)14-29/h3-8,15-16,23-24H,9-14H2,1-2H3/t15-,16-,23-,24-/m0/s1. The summed E-state index contributed by atoms with van der Waals surface area (Å²) in [5, 5.41) is 0. The summed E-state index contributed by atoms with van der Waals surface area (Å²) >= 11 is 0. The van der Waals surface area contributed by atoms with E-state index in [1.54, 1.807) is 0 Å². The summed E-state index contributed by atoms with van der Waals surface area (Å²) in [5.41, 5.74) is 6.38. The molecule has 0 radical (unpaired) electrons. The van der Waals surface area contributed by atoms with Crippen LogP contribution in [0.15, 0.2) is 36.4 Å². The quantitative estimate of drug-likeness (QED) is 0.659. The van der Waals surface area contributed by atoms with E-state index in [2.05, 4.69) is 70.1 Å². The van der Waals surface area contributed by atoms with Gasteiger partial charge in [0, 0.05) is 85.7 Å². The Kier molecular flexibility index (Phi) is 3.38. The Labute approximate surface area is 177 Å². The number of anilines is 2. The number of carbonyl (C=O) groups excluding carboxylic acids is 1. The van der Waals surface area contributed by atoms with Gasteiger partial charge in [-0.2, -0.15) is 0 Å². The lowest BCUT2D eigenvalue weighted by Crippen LogP contribution is -2.52. The van der Waals surface area contributed by atoms with Crippen molar-refractivity contribution in [2.75, 3.05) is 63.2 Å². The second-order valence-electron chi connectivity index (χ2n) is 10.1. The molecule has 4 heterocycles. The van der Waals surface area contributed by atoms with E-state index in [0.29, 0.717) is 12.1 Å². The first kappa shape index (κ1) is 17.3. The van der Waals surface area contributed by atoms with Crippen LogP contribution >= 0.6 is 0 Å². The van der Waals surface area contributed by atoms with Crippen LogP contribution in [0.3, 0.4) is 0 Å². The van der Waals surface area contributed by atoms with Crippen LogP contribution in [-0.4, -0.2) is 81.0 Å². The van der Waals surface area contributed by atoms with Gasteiger partial charge in [-0.3, -0.25) is 4.79 Å². The molecule has 4 atom stereocenters. The van der Waals surface area contributed by atoms with Crippen LogP contribution < -0.4 is 9.80 Å². The topological polar surface area (TPSA) is 30.0 Å². The van der Waals surface area contributed by atoms with Crippen molar-refractivity contribution in [3.05, 3.63) is 47.5 Å². The highest BCUT2D eigenvalue weighted by molar-refractivity contribution is 6.22. The molecule has 0 spiro atoms. The maximum atomic E-state index is 13.4. The first-order valence-electron chi connectivity index (χ1n) is 11.3. The summed E-state index contributed by atoms with van der Waals surface area (Å²) in [6.07, 6.45) is 0. The summed E-state index contributed by atoms with van der Waals surface area (Å²) in [5.74, 6) is 1.77. The molecule has 0 saturated carbocycles. The molecule has 0 aromatic heterocycles. The van der Waals surface area contributed by atoms with Gasteiger partial charge in [0.05, 0.1) is 0 Å². The molecule has 4 fully saturated rings. The highest BCUT2D eigenvalue weighted by Crippen LogP contribution is 2.42. The third-order valence-electron chi connectivity index (χ3n) is 8.51. The largest absolute Gasteiger partial charge is 0.370 e. The van der Waals surface area contributed by atoms with Crippen molar-refractivity contribution in [2.24, 2.45) is 11.8 Å². The Morgan fingerprint density at radius 1 is 0.633 bits per heavy atom. The van der Waals surface area contributed by atoms with Crippen LogP contribution in [0.1, 0.15) is 15.9 Å². The van der Waals surface area contributed by atoms with E-state index in [1.165, 1.54) is 24.5 Å². The lowest BCUT2D eigenvalue weighted by atomic mass is 9.93. The van der Waals surface area contributed by atoms with Crippen LogP contribution in [0, 0.1) is 11.8 Å². The van der Waals surface area contributed by atoms with E-state index in [-0.39, 0.29) is 5.78 Å². The Morgan fingerprint density at radius 3 is 1.50 bits per heavy atom. The zero-order chi connectivity index (χ0) is 20.1. The molecule has 154 valence electrons. The van der Waals surface area contributed by atoms with Gasteiger partial charge in [-0.05, 0) is 49.5 Å². The highest BCUT2D eigenvalue weighted by atomic mass is 16.1. The summed E-state index contributed by atoms with van der Waals surface area (Å²) in [6, 6.07) is 14.4. The lowest BCUT2D eigenvalue weighted by Gasteiger charge is -2.40. The van der Waals surface area contributed by atoms with E-state index < -0.39 is 0 Å². The van der Waals surface area contributed by atoms with Crippen LogP contribution in [0.25, 0.3) is 11.1 Å². The minimum absolute atomic E-state index is 0.197. The van der Waals surface area contributed by atoms with Crippen molar-refractivity contribution < 1.29 is 4.79 Å². The number of ketones is 1. The minimum atomic E-state index is 0.197. The number of benzene rings is 2. The first-order valence-corrected chi connectivity index (χ1v) is 11.3. The van der Waals surface area contributed by atoms with Gasteiger partial charge in [0.1, 0.15) is 0 Å². The summed E-state index contributed by atoms with van der Waals surface area (Å²) in [7, 11) is 4.43. The van der Waals surface area contributed by atoms with Crippen LogP contribution in [0.4, 0.5) is 11.4 Å². The number of hydrogen-bond donors (Lipinski definition) is 0. The van der Waals surface area contributed by atoms with Gasteiger partial charge >= 0.3 is 0 Å². The van der Waals surface area contributed by atoms with Gasteiger partial charge in [0.25, 0.3) is 0 Å². The maximum Gasteiger partial charge on any atom is 0.194 e. The molecule has 4 saturated heterocycles. The molecule has 1 aliphatic carbocycles. The number of likely N-dealkylation sites (tertiary alicyclic amines) is 2. The van der Waals surface area contributed by atoms with E-state index >= 15 is 0 Å². The van der Waals surface area contributed by atoms with Crippen molar-refractivity contribution in [1.29, 1.82) is 0 Å². The summed E-state index contributed by atoms with van der Waals surface area (Å²) in [6.45, 7) is 6.80. The van der Waals surface area contributed by atoms with Crippen molar-refractivity contribution in [1.82, 2.24) is 9.80 Å². The Morgan fingerprint density at radius 2 is 1.10 bits per heavy atom. The Balaban J connectivity index is 1.18. The third kappa shape index (κ3) is 2.22. The lowest BCUT2D eigenvalue weighted by molar-refractivity contribution is 0.0827. The fourth-order valence-electron chi connectivity index (χ4n) is 6.67. The molecule has 0 amide bonds. The fraction of sp³-hybridized carbons (Fsp3) is 0.480. The predicted octanol–water partition coefficient (Wildman–Crippen LogP) is 2.40. The zero-order valence-electron chi connectivity index (χ0n) is 17.7. The molecule has 0 unspecified atom stereocenters. The molecular weight excluding hydrogens is 372 g/mol. The van der Waals surface area contributed by atoms with Crippen LogP contribution in [0.2, 0.25) is 0 Å². The van der Waals surface area contributed by atoms with Crippen molar-refractivity contribution in [2.45, 2.75) is 12.1 Å². The number of fused-ring (bicyclic) bond motifs is 5. The number of carbonyl (C=O) groups is 1. The van der Waals surface area contributed by atoms with Crippen molar-refractivity contribution >= 4 is 17.2 Å². The Hall–Kier alpha value is -2.37. The minimum Gasteiger partial charge on any atom is -0.370 e. The molecule has 4 aliphatic heterocycles. The second-order valence-corrected chi connectivity index (χ2v) is 10.1. The van der Waals surface area contributed by atoms with E-state index in [9.17, 15) is 4.79 Å². The average Bonchev–Trinajstić information content (AvgIpc) is 3.37. The smallest absolute Gasteiger partial charge is 0.194 e. The molecule has 5 heteroatoms. The molecule has 30 heavy (non-hydrogen) atoms. The van der Waals surface area contributed by atoms with Crippen LogP contribution in [-0.2, 0) is 0 Å². The number of rotatable bonds is 2. The monoisotopic (exact) mass is 400 g/mol. The number of hydrogen-bond acceptors (Lipinski definition) is 5. The molecule has 0 N–H and O–H groups in total. The number of likely N-dealkylation sites (N-methyl/N-ethyl adjacent to an activating group) is 2. The molecular formula is C25H28N4O. The van der Waals surface area contributed by atoms with Gasteiger partial charge in [-0.1, -0.05) is 12.1 Å². The highest BCUT2D eigenvalue weighted by Gasteiger charge is 2.45. The molecule has 5 aliphatic rings. The van der Waals surface area contributed by atoms with Gasteiger partial charge < -0.3 is 19.6 Å². The van der Waals surface area contributed by atoms with Crippen LogP contribution in [0.5, 0.6) is 0 Å². The maximum absolute atomic E-state index is 13.4. The molecule has 0 bridgehead atoms. The Bertz CT molecular complexity index is 997. The van der Waals surface area contributed by atoms with Gasteiger partial charge in [0.2, 0.25) is 0 Å². The van der Waals surface area contributed by atoms with E-state index in [0.717, 1.165) is 60.3 Å². The van der Waals surface area contributed by atoms with E-state index in [1.807, 2.05) is 0 Å². The second kappa shape index (κ2) is 5.86. The number of nitrogens with zero attached hydrogens (tertiary/aromatic N) is 4. The molecule has 2 aromatic carbocycles. The van der Waals surface area contributed by atoms with Gasteiger partial charge in [-0.15, -0.1) is 0 Å².